The molecule has 0 saturated carbocycles. The van der Waals surface area contributed by atoms with Crippen molar-refractivity contribution in [1.29, 1.82) is 5.26 Å². The lowest BCUT2D eigenvalue weighted by Crippen LogP contribution is -2.27. The second-order valence-electron chi connectivity index (χ2n) is 5.37. The topological polar surface area (TPSA) is 112 Å². The van der Waals surface area contributed by atoms with Crippen LogP contribution in [0, 0.1) is 11.3 Å². The predicted molar refractivity (Wildman–Crippen MR) is 92.0 cm³/mol. The Labute approximate surface area is 151 Å². The summed E-state index contributed by atoms with van der Waals surface area (Å²) in [5.41, 5.74) is 6.73. The molecule has 1 atom stereocenters. The van der Waals surface area contributed by atoms with Gasteiger partial charge in [-0.1, -0.05) is 30.3 Å². The Bertz CT molecular complexity index is 790. The van der Waals surface area contributed by atoms with Crippen molar-refractivity contribution in [1.82, 2.24) is 0 Å². The highest BCUT2D eigenvalue weighted by Crippen LogP contribution is 2.40. The average molecular weight is 356 g/mol. The molecule has 2 rings (SSSR count). The first-order valence-electron chi connectivity index (χ1n) is 8.21. The number of nitrogens with zero attached hydrogens (tertiary/aromatic N) is 1. The predicted octanol–water partition coefficient (Wildman–Crippen LogP) is 2.26. The first kappa shape index (κ1) is 19.1. The lowest BCUT2D eigenvalue weighted by molar-refractivity contribution is -0.143. The molecule has 2 N–H and O–H groups in total. The molecule has 0 spiro atoms. The highest BCUT2D eigenvalue weighted by Gasteiger charge is 2.38. The molecule has 1 aromatic rings. The first-order valence-corrected chi connectivity index (χ1v) is 8.21. The van der Waals surface area contributed by atoms with Crippen molar-refractivity contribution < 1.29 is 23.8 Å². The summed E-state index contributed by atoms with van der Waals surface area (Å²) in [5, 5.41) is 9.54. The van der Waals surface area contributed by atoms with E-state index in [2.05, 4.69) is 0 Å². The van der Waals surface area contributed by atoms with Crippen molar-refractivity contribution >= 4 is 11.9 Å². The fourth-order valence-corrected chi connectivity index (χ4v) is 2.70. The van der Waals surface area contributed by atoms with Crippen molar-refractivity contribution in [2.45, 2.75) is 26.2 Å². The second-order valence-corrected chi connectivity index (χ2v) is 5.37. The van der Waals surface area contributed by atoms with Crippen LogP contribution in [-0.2, 0) is 23.8 Å². The standard InChI is InChI=1S/C19H20N2O5/c1-3-24-15(22)10-14-17(19(23)25-4-2)16(12-8-6-5-7-9-12)13(11-20)18(21)26-14/h5-9,16H,3-4,10,21H2,1-2H3. The molecule has 1 aliphatic rings. The minimum atomic E-state index is -0.779. The summed E-state index contributed by atoms with van der Waals surface area (Å²) in [5.74, 6) is -2.12. The number of hydrogen-bond acceptors (Lipinski definition) is 7. The first-order chi connectivity index (χ1) is 12.5. The molecule has 136 valence electrons. The van der Waals surface area contributed by atoms with E-state index in [9.17, 15) is 14.9 Å². The van der Waals surface area contributed by atoms with E-state index in [1.807, 2.05) is 12.1 Å². The van der Waals surface area contributed by atoms with Gasteiger partial charge in [0, 0.05) is 0 Å². The summed E-state index contributed by atoms with van der Waals surface area (Å²) in [4.78, 5) is 24.5. The Morgan fingerprint density at radius 2 is 1.85 bits per heavy atom. The van der Waals surface area contributed by atoms with Crippen LogP contribution < -0.4 is 5.73 Å². The minimum absolute atomic E-state index is 0.0345. The van der Waals surface area contributed by atoms with E-state index in [1.54, 1.807) is 38.1 Å². The summed E-state index contributed by atoms with van der Waals surface area (Å²) in [6, 6.07) is 10.9. The quantitative estimate of drug-likeness (QED) is 0.778. The smallest absolute Gasteiger partial charge is 0.338 e. The molecule has 0 amide bonds. The number of allylic oxidation sites excluding steroid dienone is 1. The normalized spacial score (nSPS) is 16.6. The number of nitrogens with two attached hydrogens (primary N) is 1. The average Bonchev–Trinajstić information content (AvgIpc) is 2.62. The Kier molecular flexibility index (Phi) is 6.39. The minimum Gasteiger partial charge on any atom is -0.466 e. The molecular formula is C19H20N2O5. The van der Waals surface area contributed by atoms with Gasteiger partial charge in [0.1, 0.15) is 23.8 Å². The van der Waals surface area contributed by atoms with Gasteiger partial charge in [-0.2, -0.15) is 5.26 Å². The molecule has 0 bridgehead atoms. The zero-order valence-corrected chi connectivity index (χ0v) is 14.7. The van der Waals surface area contributed by atoms with E-state index in [-0.39, 0.29) is 42.4 Å². The van der Waals surface area contributed by atoms with Crippen molar-refractivity contribution in [2.24, 2.45) is 5.73 Å². The summed E-state index contributed by atoms with van der Waals surface area (Å²) in [6.45, 7) is 3.67. The van der Waals surface area contributed by atoms with Gasteiger partial charge in [0.15, 0.2) is 0 Å². The number of carbonyl (C=O) groups excluding carboxylic acids is 2. The van der Waals surface area contributed by atoms with E-state index in [0.717, 1.165) is 0 Å². The Hall–Kier alpha value is -3.27. The third-order valence-corrected chi connectivity index (χ3v) is 3.74. The van der Waals surface area contributed by atoms with Crippen molar-refractivity contribution in [3.63, 3.8) is 0 Å². The van der Waals surface area contributed by atoms with Crippen LogP contribution in [0.4, 0.5) is 0 Å². The van der Waals surface area contributed by atoms with Crippen LogP contribution in [0.2, 0.25) is 0 Å². The molecule has 1 aliphatic heterocycles. The van der Waals surface area contributed by atoms with Crippen LogP contribution in [0.25, 0.3) is 0 Å². The lowest BCUT2D eigenvalue weighted by Gasteiger charge is -2.27. The van der Waals surface area contributed by atoms with E-state index in [0.29, 0.717) is 5.56 Å². The number of hydrogen-bond donors (Lipinski definition) is 1. The maximum Gasteiger partial charge on any atom is 0.338 e. The van der Waals surface area contributed by atoms with Gasteiger partial charge in [-0.15, -0.1) is 0 Å². The molecule has 0 aliphatic carbocycles. The van der Waals surface area contributed by atoms with E-state index in [4.69, 9.17) is 19.9 Å². The van der Waals surface area contributed by atoms with Crippen LogP contribution >= 0.6 is 0 Å². The third kappa shape index (κ3) is 4.03. The van der Waals surface area contributed by atoms with Crippen LogP contribution in [0.15, 0.2) is 53.1 Å². The molecule has 1 aromatic carbocycles. The SMILES string of the molecule is CCOC(=O)CC1=C(C(=O)OCC)C(c2ccccc2)C(C#N)=C(N)O1. The fourth-order valence-electron chi connectivity index (χ4n) is 2.70. The van der Waals surface area contributed by atoms with Crippen LogP contribution in [0.1, 0.15) is 31.7 Å². The maximum absolute atomic E-state index is 12.6. The molecule has 0 saturated heterocycles. The highest BCUT2D eigenvalue weighted by atomic mass is 16.5. The molecule has 1 unspecified atom stereocenters. The molecule has 1 heterocycles. The monoisotopic (exact) mass is 356 g/mol. The Morgan fingerprint density at radius 3 is 2.42 bits per heavy atom. The van der Waals surface area contributed by atoms with E-state index >= 15 is 0 Å². The molecule has 7 nitrogen and oxygen atoms in total. The van der Waals surface area contributed by atoms with Gasteiger partial charge in [0.05, 0.1) is 24.7 Å². The maximum atomic E-state index is 12.6. The second kappa shape index (κ2) is 8.72. The van der Waals surface area contributed by atoms with E-state index in [1.165, 1.54) is 0 Å². The summed E-state index contributed by atoms with van der Waals surface area (Å²) in [6.07, 6.45) is -0.287. The van der Waals surface area contributed by atoms with Crippen molar-refractivity contribution in [3.8, 4) is 6.07 Å². The van der Waals surface area contributed by atoms with Gasteiger partial charge in [0.25, 0.3) is 0 Å². The Morgan fingerprint density at radius 1 is 1.19 bits per heavy atom. The van der Waals surface area contributed by atoms with Crippen molar-refractivity contribution in [3.05, 3.63) is 58.7 Å². The molecule has 26 heavy (non-hydrogen) atoms. The summed E-state index contributed by atoms with van der Waals surface area (Å²) >= 11 is 0. The van der Waals surface area contributed by atoms with Crippen LogP contribution in [-0.4, -0.2) is 25.2 Å². The number of benzene rings is 1. The summed E-state index contributed by atoms with van der Waals surface area (Å²) < 4.78 is 15.5. The van der Waals surface area contributed by atoms with Gasteiger partial charge in [-0.3, -0.25) is 4.79 Å². The number of rotatable bonds is 6. The van der Waals surface area contributed by atoms with Gasteiger partial charge in [-0.25, -0.2) is 4.79 Å². The van der Waals surface area contributed by atoms with Gasteiger partial charge in [0.2, 0.25) is 5.88 Å². The van der Waals surface area contributed by atoms with Crippen LogP contribution in [0.3, 0.4) is 0 Å². The number of carbonyl (C=O) groups is 2. The highest BCUT2D eigenvalue weighted by molar-refractivity contribution is 5.93. The number of esters is 2. The lowest BCUT2D eigenvalue weighted by atomic mass is 9.82. The van der Waals surface area contributed by atoms with E-state index < -0.39 is 17.9 Å². The fraction of sp³-hybridized carbons (Fsp3) is 0.316. The van der Waals surface area contributed by atoms with Gasteiger partial charge < -0.3 is 19.9 Å². The van der Waals surface area contributed by atoms with Gasteiger partial charge in [-0.05, 0) is 19.4 Å². The molecule has 7 heteroatoms. The zero-order valence-electron chi connectivity index (χ0n) is 14.7. The molecule has 0 aromatic heterocycles. The summed E-state index contributed by atoms with van der Waals surface area (Å²) in [7, 11) is 0. The third-order valence-electron chi connectivity index (χ3n) is 3.74. The number of ether oxygens (including phenoxy) is 3. The molecular weight excluding hydrogens is 336 g/mol. The largest absolute Gasteiger partial charge is 0.466 e. The molecule has 0 fully saturated rings. The van der Waals surface area contributed by atoms with Crippen molar-refractivity contribution in [2.75, 3.05) is 13.2 Å². The Balaban J connectivity index is 2.60. The molecule has 0 radical (unpaired) electrons. The number of nitriles is 1. The van der Waals surface area contributed by atoms with Gasteiger partial charge >= 0.3 is 11.9 Å². The zero-order chi connectivity index (χ0) is 19.1. The van der Waals surface area contributed by atoms with Crippen LogP contribution in [0.5, 0.6) is 0 Å².